The number of rotatable bonds is 3. The number of hydrogen-bond donors (Lipinski definition) is 1. The molecule has 0 radical (unpaired) electrons. The molecular weight excluding hydrogens is 384 g/mol. The van der Waals surface area contributed by atoms with Gasteiger partial charge >= 0.3 is 5.69 Å². The molecule has 4 aromatic heterocycles. The summed E-state index contributed by atoms with van der Waals surface area (Å²) in [5.74, 6) is 0.347. The Hall–Kier alpha value is -2.98. The summed E-state index contributed by atoms with van der Waals surface area (Å²) in [6.45, 7) is 1.27. The molecule has 1 N–H and O–H groups in total. The lowest BCUT2D eigenvalue weighted by Crippen LogP contribution is -2.30. The first-order valence-electron chi connectivity index (χ1n) is 8.89. The smallest absolute Gasteiger partial charge is 0.330 e. The van der Waals surface area contributed by atoms with Crippen LogP contribution in [0.2, 0.25) is 5.02 Å². The fourth-order valence-electron chi connectivity index (χ4n) is 3.52. The van der Waals surface area contributed by atoms with Gasteiger partial charge in [-0.05, 0) is 12.8 Å². The quantitative estimate of drug-likeness (QED) is 0.560. The first-order chi connectivity index (χ1) is 13.6. The fraction of sp³-hybridized carbons (Fsp3) is 0.353. The van der Waals surface area contributed by atoms with Gasteiger partial charge in [-0.3, -0.25) is 9.13 Å². The van der Waals surface area contributed by atoms with Crippen molar-refractivity contribution in [2.24, 2.45) is 7.05 Å². The third kappa shape index (κ3) is 2.72. The van der Waals surface area contributed by atoms with Gasteiger partial charge in [-0.2, -0.15) is 10.1 Å². The number of fused-ring (bicyclic) bond motifs is 2. The van der Waals surface area contributed by atoms with Gasteiger partial charge in [0.25, 0.3) is 0 Å². The van der Waals surface area contributed by atoms with Crippen LogP contribution in [0, 0.1) is 0 Å². The van der Waals surface area contributed by atoms with Gasteiger partial charge < -0.3 is 10.1 Å². The highest BCUT2D eigenvalue weighted by Gasteiger charge is 2.23. The Morgan fingerprint density at radius 1 is 1.29 bits per heavy atom. The Labute approximate surface area is 163 Å². The van der Waals surface area contributed by atoms with Crippen molar-refractivity contribution in [3.05, 3.63) is 40.3 Å². The van der Waals surface area contributed by atoms with E-state index in [4.69, 9.17) is 16.3 Å². The molecule has 144 valence electrons. The van der Waals surface area contributed by atoms with Crippen LogP contribution in [0.15, 0.2) is 29.6 Å². The third-order valence-electron chi connectivity index (χ3n) is 5.00. The van der Waals surface area contributed by atoms with Crippen LogP contribution < -0.4 is 11.0 Å². The van der Waals surface area contributed by atoms with Gasteiger partial charge in [0.05, 0.1) is 23.1 Å². The van der Waals surface area contributed by atoms with Gasteiger partial charge in [0.15, 0.2) is 11.3 Å². The molecule has 0 aliphatic carbocycles. The number of aromatic nitrogens is 7. The summed E-state index contributed by atoms with van der Waals surface area (Å²) in [5, 5.41) is 7.69. The maximum absolute atomic E-state index is 12.8. The molecule has 0 saturated carbocycles. The molecule has 28 heavy (non-hydrogen) atoms. The van der Waals surface area contributed by atoms with Gasteiger partial charge in [-0.1, -0.05) is 11.6 Å². The van der Waals surface area contributed by atoms with E-state index >= 15 is 0 Å². The molecule has 0 aromatic carbocycles. The van der Waals surface area contributed by atoms with Gasteiger partial charge in [0.1, 0.15) is 11.8 Å². The van der Waals surface area contributed by atoms with Crippen molar-refractivity contribution < 1.29 is 4.74 Å². The molecule has 0 amide bonds. The number of halogens is 1. The van der Waals surface area contributed by atoms with Crippen molar-refractivity contribution in [3.63, 3.8) is 0 Å². The number of nitrogens with one attached hydrogen (secondary N) is 1. The van der Waals surface area contributed by atoms with Crippen molar-refractivity contribution in [1.29, 1.82) is 0 Å². The van der Waals surface area contributed by atoms with E-state index in [0.717, 1.165) is 12.8 Å². The maximum Gasteiger partial charge on any atom is 0.330 e. The highest BCUT2D eigenvalue weighted by atomic mass is 35.5. The summed E-state index contributed by atoms with van der Waals surface area (Å²) < 4.78 is 10.3. The molecule has 5 heterocycles. The minimum atomic E-state index is -0.101. The molecule has 10 nitrogen and oxygen atoms in total. The van der Waals surface area contributed by atoms with Crippen LogP contribution in [0.5, 0.6) is 0 Å². The summed E-state index contributed by atoms with van der Waals surface area (Å²) >= 11 is 6.34. The molecule has 5 rings (SSSR count). The average Bonchev–Trinajstić information content (AvgIpc) is 3.25. The number of imidazole rings is 1. The Kier molecular flexibility index (Phi) is 4.02. The van der Waals surface area contributed by atoms with Crippen LogP contribution in [0.4, 0.5) is 11.6 Å². The van der Waals surface area contributed by atoms with E-state index in [1.807, 2.05) is 0 Å². The van der Waals surface area contributed by atoms with Crippen LogP contribution in [-0.2, 0) is 11.8 Å². The van der Waals surface area contributed by atoms with Crippen molar-refractivity contribution in [1.82, 2.24) is 33.7 Å². The zero-order valence-electron chi connectivity index (χ0n) is 15.0. The number of aryl methyl sites for hydroxylation is 1. The molecule has 1 saturated heterocycles. The van der Waals surface area contributed by atoms with Crippen molar-refractivity contribution >= 4 is 40.0 Å². The van der Waals surface area contributed by atoms with Crippen molar-refractivity contribution in [2.75, 3.05) is 18.5 Å². The molecule has 4 aromatic rings. The van der Waals surface area contributed by atoms with E-state index in [-0.39, 0.29) is 11.7 Å². The SMILES string of the molecule is Cn1c(=O)n(C2CCOCC2)c2nc(Nc3cn4ncnc4cc3Cl)ncc21. The van der Waals surface area contributed by atoms with Crippen LogP contribution >= 0.6 is 11.6 Å². The lowest BCUT2D eigenvalue weighted by Gasteiger charge is -2.22. The van der Waals surface area contributed by atoms with Crippen molar-refractivity contribution in [3.8, 4) is 0 Å². The highest BCUT2D eigenvalue weighted by molar-refractivity contribution is 6.33. The summed E-state index contributed by atoms with van der Waals surface area (Å²) in [4.78, 5) is 25.8. The van der Waals surface area contributed by atoms with Crippen molar-refractivity contribution in [2.45, 2.75) is 18.9 Å². The molecule has 11 heteroatoms. The lowest BCUT2D eigenvalue weighted by molar-refractivity contribution is 0.0695. The number of ether oxygens (including phenoxy) is 1. The van der Waals surface area contributed by atoms with E-state index in [1.165, 1.54) is 6.33 Å². The standard InChI is InChI=1S/C17H17ClN8O2/c1-24-13-7-19-16(22-12-8-25-14(6-11(12)18)20-9-21-25)23-15(13)26(17(24)27)10-2-4-28-5-3-10/h6-10H,2-5H2,1H3,(H,19,22,23). The lowest BCUT2D eigenvalue weighted by atomic mass is 10.1. The molecule has 1 aliphatic rings. The summed E-state index contributed by atoms with van der Waals surface area (Å²) in [5.41, 5.74) is 2.41. The molecular formula is C17H17ClN8O2. The fourth-order valence-corrected chi connectivity index (χ4v) is 3.71. The zero-order valence-corrected chi connectivity index (χ0v) is 15.8. The van der Waals surface area contributed by atoms with Gasteiger partial charge in [-0.15, -0.1) is 0 Å². The van der Waals surface area contributed by atoms with Crippen LogP contribution in [0.1, 0.15) is 18.9 Å². The minimum Gasteiger partial charge on any atom is -0.381 e. The zero-order chi connectivity index (χ0) is 19.3. The molecule has 0 bridgehead atoms. The van der Waals surface area contributed by atoms with Crippen LogP contribution in [0.25, 0.3) is 16.8 Å². The van der Waals surface area contributed by atoms with E-state index in [1.54, 1.807) is 39.2 Å². The highest BCUT2D eigenvalue weighted by Crippen LogP contribution is 2.27. The van der Waals surface area contributed by atoms with Gasteiger partial charge in [0.2, 0.25) is 5.95 Å². The summed E-state index contributed by atoms with van der Waals surface area (Å²) in [6, 6.07) is 1.76. The molecule has 1 aliphatic heterocycles. The number of pyridine rings is 1. The topological polar surface area (TPSA) is 104 Å². The number of anilines is 2. The molecule has 1 fully saturated rings. The number of nitrogens with zero attached hydrogens (tertiary/aromatic N) is 7. The van der Waals surface area contributed by atoms with Crippen LogP contribution in [0.3, 0.4) is 0 Å². The first kappa shape index (κ1) is 17.1. The Morgan fingerprint density at radius 2 is 2.11 bits per heavy atom. The van der Waals surface area contributed by atoms with E-state index in [2.05, 4.69) is 25.4 Å². The van der Waals surface area contributed by atoms with E-state index < -0.39 is 0 Å². The normalized spacial score (nSPS) is 15.5. The Bertz CT molecular complexity index is 1240. The van der Waals surface area contributed by atoms with E-state index in [0.29, 0.717) is 46.7 Å². The monoisotopic (exact) mass is 400 g/mol. The summed E-state index contributed by atoms with van der Waals surface area (Å²) in [7, 11) is 1.73. The molecule has 0 unspecified atom stereocenters. The average molecular weight is 401 g/mol. The van der Waals surface area contributed by atoms with Crippen LogP contribution in [-0.4, -0.2) is 46.9 Å². The van der Waals surface area contributed by atoms with Gasteiger partial charge in [0, 0.05) is 32.4 Å². The third-order valence-corrected chi connectivity index (χ3v) is 5.31. The first-order valence-corrected chi connectivity index (χ1v) is 9.27. The summed E-state index contributed by atoms with van der Waals surface area (Å²) in [6.07, 6.45) is 6.37. The van der Waals surface area contributed by atoms with E-state index in [9.17, 15) is 4.79 Å². The minimum absolute atomic E-state index is 0.0581. The maximum atomic E-state index is 12.8. The predicted octanol–water partition coefficient (Wildman–Crippen LogP) is 1.92. The number of hydrogen-bond acceptors (Lipinski definition) is 7. The second-order valence-corrected chi connectivity index (χ2v) is 7.09. The molecule has 0 atom stereocenters. The molecule has 0 spiro atoms. The van der Waals surface area contributed by atoms with Gasteiger partial charge in [-0.25, -0.2) is 19.3 Å². The Balaban J connectivity index is 1.58. The largest absolute Gasteiger partial charge is 0.381 e. The second kappa shape index (κ2) is 6.57. The second-order valence-electron chi connectivity index (χ2n) is 6.68. The predicted molar refractivity (Wildman–Crippen MR) is 103 cm³/mol. The Morgan fingerprint density at radius 3 is 2.93 bits per heavy atom.